The van der Waals surface area contributed by atoms with Crippen LogP contribution >= 0.6 is 24.0 Å². The Hall–Kier alpha value is -1.03. The molecule has 1 aliphatic carbocycles. The molecule has 2 aliphatic heterocycles. The van der Waals surface area contributed by atoms with E-state index in [-0.39, 0.29) is 23.6 Å². The highest BCUT2D eigenvalue weighted by molar-refractivity contribution is 6.64. The van der Waals surface area contributed by atoms with E-state index >= 15 is 0 Å². The van der Waals surface area contributed by atoms with Crippen LogP contribution < -0.4 is 4.90 Å². The highest BCUT2D eigenvalue weighted by Crippen LogP contribution is 2.49. The Labute approximate surface area is 142 Å². The van der Waals surface area contributed by atoms with Crippen molar-refractivity contribution < 1.29 is 4.79 Å². The summed E-state index contributed by atoms with van der Waals surface area (Å²) in [7, 11) is 4.28. The summed E-state index contributed by atoms with van der Waals surface area (Å²) in [5.41, 5.74) is 5.44. The molecule has 0 saturated heterocycles. The summed E-state index contributed by atoms with van der Waals surface area (Å²) < 4.78 is 0. The van der Waals surface area contributed by atoms with Crippen LogP contribution in [-0.2, 0) is 4.79 Å². The molecule has 1 aromatic rings. The molecule has 0 saturated carbocycles. The van der Waals surface area contributed by atoms with E-state index in [0.717, 1.165) is 19.5 Å². The number of carbonyl (C=O) groups excluding carboxylic acids is 1. The molecule has 0 bridgehead atoms. The number of fused-ring (bicyclic) bond motifs is 2. The van der Waals surface area contributed by atoms with Gasteiger partial charge in [0, 0.05) is 37.8 Å². The monoisotopic (exact) mass is 338 g/mol. The van der Waals surface area contributed by atoms with Crippen LogP contribution in [0, 0.1) is 5.92 Å². The minimum Gasteiger partial charge on any atom is -0.374 e. The molecule has 22 heavy (non-hydrogen) atoms. The smallest absolute Gasteiger partial charge is 0.229 e. The molecule has 1 aromatic carbocycles. The van der Waals surface area contributed by atoms with Crippen LogP contribution in [0.5, 0.6) is 0 Å². The quantitative estimate of drug-likeness (QED) is 0.735. The van der Waals surface area contributed by atoms with E-state index in [0.29, 0.717) is 12.0 Å². The van der Waals surface area contributed by atoms with E-state index in [2.05, 4.69) is 48.2 Å². The van der Waals surface area contributed by atoms with Gasteiger partial charge in [0.05, 0.1) is 5.92 Å². The Morgan fingerprint density at radius 3 is 2.77 bits per heavy atom. The molecule has 0 aromatic heterocycles. The highest BCUT2D eigenvalue weighted by atomic mass is 35.5. The normalized spacial score (nSPS) is 29.3. The predicted octanol–water partition coefficient (Wildman–Crippen LogP) is 3.12. The van der Waals surface area contributed by atoms with Gasteiger partial charge in [-0.2, -0.15) is 0 Å². The summed E-state index contributed by atoms with van der Waals surface area (Å²) >= 11 is 5.76. The third-order valence-electron chi connectivity index (χ3n) is 5.26. The molecule has 118 valence electrons. The van der Waals surface area contributed by atoms with Crippen LogP contribution in [0.1, 0.15) is 23.5 Å². The van der Waals surface area contributed by atoms with E-state index in [9.17, 15) is 4.79 Å². The number of carbonyl (C=O) groups is 1. The molecule has 2 heterocycles. The molecule has 1 unspecified atom stereocenters. The molecule has 0 radical (unpaired) electrons. The lowest BCUT2D eigenvalue weighted by atomic mass is 9.75. The van der Waals surface area contributed by atoms with Crippen LogP contribution in [0.25, 0.3) is 5.57 Å². The van der Waals surface area contributed by atoms with E-state index in [1.165, 1.54) is 22.4 Å². The van der Waals surface area contributed by atoms with Crippen molar-refractivity contribution in [3.63, 3.8) is 0 Å². The van der Waals surface area contributed by atoms with Gasteiger partial charge < -0.3 is 4.90 Å². The Morgan fingerprint density at radius 2 is 2.05 bits per heavy atom. The van der Waals surface area contributed by atoms with Crippen molar-refractivity contribution >= 4 is 40.5 Å². The SMILES string of the molecule is CN1CC2C[C@@H]3C(=C[C@@H](C(=O)Cl)CN3C)c3cccc1c32.Cl. The second-order valence-electron chi connectivity index (χ2n) is 6.54. The Balaban J connectivity index is 0.00000144. The van der Waals surface area contributed by atoms with Gasteiger partial charge >= 0.3 is 0 Å². The molecule has 3 aliphatic rings. The fraction of sp³-hybridized carbons (Fsp3) is 0.471. The fourth-order valence-corrected chi connectivity index (χ4v) is 4.45. The van der Waals surface area contributed by atoms with Crippen molar-refractivity contribution in [1.82, 2.24) is 4.90 Å². The van der Waals surface area contributed by atoms with Crippen LogP contribution in [-0.4, -0.2) is 43.4 Å². The van der Waals surface area contributed by atoms with E-state index in [1.54, 1.807) is 0 Å². The predicted molar refractivity (Wildman–Crippen MR) is 93.1 cm³/mol. The van der Waals surface area contributed by atoms with Gasteiger partial charge in [0.1, 0.15) is 0 Å². The molecule has 0 spiro atoms. The minimum atomic E-state index is -0.250. The Morgan fingerprint density at radius 1 is 1.27 bits per heavy atom. The van der Waals surface area contributed by atoms with Crippen LogP contribution in [0.3, 0.4) is 0 Å². The average molecular weight is 339 g/mol. The van der Waals surface area contributed by atoms with Gasteiger partial charge in [0.2, 0.25) is 5.24 Å². The second-order valence-corrected chi connectivity index (χ2v) is 6.91. The Kier molecular flexibility index (Phi) is 4.00. The first-order valence-corrected chi connectivity index (χ1v) is 7.89. The first-order valence-electron chi connectivity index (χ1n) is 7.52. The van der Waals surface area contributed by atoms with Gasteiger partial charge in [-0.3, -0.25) is 9.69 Å². The van der Waals surface area contributed by atoms with Gasteiger partial charge in [0.25, 0.3) is 0 Å². The maximum Gasteiger partial charge on any atom is 0.229 e. The standard InChI is InChI=1S/C17H19ClN2O.ClH/c1-19-8-10-7-15-13(6-11(17(18)21)9-20(15)2)12-4-3-5-14(19)16(10)12;/h3-6,10-11,15H,7-9H2,1-2H3;1H/t10?,11-,15-;/m1./s1. The lowest BCUT2D eigenvalue weighted by molar-refractivity contribution is -0.114. The van der Waals surface area contributed by atoms with E-state index < -0.39 is 0 Å². The van der Waals surface area contributed by atoms with Gasteiger partial charge in [-0.1, -0.05) is 18.2 Å². The third-order valence-corrected chi connectivity index (χ3v) is 5.54. The van der Waals surface area contributed by atoms with Crippen molar-refractivity contribution in [1.29, 1.82) is 0 Å². The first kappa shape index (κ1) is 15.9. The third kappa shape index (κ3) is 2.18. The molecule has 0 fully saturated rings. The molecule has 0 N–H and O–H groups in total. The highest BCUT2D eigenvalue weighted by Gasteiger charge is 2.41. The number of anilines is 1. The zero-order valence-corrected chi connectivity index (χ0v) is 14.3. The summed E-state index contributed by atoms with van der Waals surface area (Å²) in [6, 6.07) is 6.95. The van der Waals surface area contributed by atoms with E-state index in [4.69, 9.17) is 11.6 Å². The van der Waals surface area contributed by atoms with Crippen LogP contribution in [0.2, 0.25) is 0 Å². The number of rotatable bonds is 1. The molecular formula is C17H20Cl2N2O. The number of hydrogen-bond donors (Lipinski definition) is 0. The molecule has 5 heteroatoms. The minimum absolute atomic E-state index is 0. The van der Waals surface area contributed by atoms with Crippen molar-refractivity contribution in [3.8, 4) is 0 Å². The van der Waals surface area contributed by atoms with Crippen LogP contribution in [0.15, 0.2) is 24.3 Å². The van der Waals surface area contributed by atoms with Crippen molar-refractivity contribution in [3.05, 3.63) is 35.4 Å². The topological polar surface area (TPSA) is 23.6 Å². The van der Waals surface area contributed by atoms with Crippen molar-refractivity contribution in [2.24, 2.45) is 5.92 Å². The number of hydrogen-bond acceptors (Lipinski definition) is 3. The average Bonchev–Trinajstić information content (AvgIpc) is 2.78. The number of likely N-dealkylation sites (N-methyl/N-ethyl adjacent to an activating group) is 2. The summed E-state index contributed by atoms with van der Waals surface area (Å²) in [5, 5.41) is -0.250. The van der Waals surface area contributed by atoms with E-state index in [1.807, 2.05) is 0 Å². The zero-order chi connectivity index (χ0) is 14.7. The Bertz CT molecular complexity index is 658. The molecule has 0 amide bonds. The maximum absolute atomic E-state index is 11.6. The zero-order valence-electron chi connectivity index (χ0n) is 12.8. The molecule has 3 atom stereocenters. The number of halogens is 2. The van der Waals surface area contributed by atoms with Gasteiger partial charge in [-0.05, 0) is 47.8 Å². The fourth-order valence-electron chi connectivity index (χ4n) is 4.32. The van der Waals surface area contributed by atoms with Crippen molar-refractivity contribution in [2.75, 3.05) is 32.1 Å². The summed E-state index contributed by atoms with van der Waals surface area (Å²) in [4.78, 5) is 16.3. The van der Waals surface area contributed by atoms with Gasteiger partial charge in [-0.25, -0.2) is 0 Å². The summed E-state index contributed by atoms with van der Waals surface area (Å²) in [6.45, 7) is 1.83. The number of benzene rings is 1. The van der Waals surface area contributed by atoms with Gasteiger partial charge in [0.15, 0.2) is 0 Å². The lowest BCUT2D eigenvalue weighted by Gasteiger charge is -2.41. The lowest BCUT2D eigenvalue weighted by Crippen LogP contribution is -2.44. The molecule has 4 rings (SSSR count). The second kappa shape index (κ2) is 5.55. The largest absolute Gasteiger partial charge is 0.374 e. The summed E-state index contributed by atoms with van der Waals surface area (Å²) in [5.74, 6) is 0.420. The van der Waals surface area contributed by atoms with Crippen LogP contribution in [0.4, 0.5) is 5.69 Å². The first-order chi connectivity index (χ1) is 10.1. The summed E-state index contributed by atoms with van der Waals surface area (Å²) in [6.07, 6.45) is 3.25. The molecule has 3 nitrogen and oxygen atoms in total. The van der Waals surface area contributed by atoms with Crippen molar-refractivity contribution in [2.45, 2.75) is 18.4 Å². The molecular weight excluding hydrogens is 319 g/mol. The maximum atomic E-state index is 11.6. The van der Waals surface area contributed by atoms with Gasteiger partial charge in [-0.15, -0.1) is 12.4 Å². The number of nitrogens with zero attached hydrogens (tertiary/aromatic N) is 2.